The molecule has 0 N–H and O–H groups in total. The molecule has 0 saturated carbocycles. The van der Waals surface area contributed by atoms with Crippen LogP contribution in [0.1, 0.15) is 11.3 Å². The summed E-state index contributed by atoms with van der Waals surface area (Å²) in [5, 5.41) is 0. The number of benzene rings is 1. The van der Waals surface area contributed by atoms with Gasteiger partial charge in [-0.3, -0.25) is 4.79 Å². The summed E-state index contributed by atoms with van der Waals surface area (Å²) in [6.07, 6.45) is 3.40. The number of furan rings is 1. The molecule has 21 heavy (non-hydrogen) atoms. The van der Waals surface area contributed by atoms with Gasteiger partial charge in [-0.15, -0.1) is 0 Å². The Hall–Kier alpha value is -2.33. The monoisotopic (exact) mass is 283 g/mol. The average molecular weight is 283 g/mol. The Morgan fingerprint density at radius 2 is 1.81 bits per heavy atom. The van der Waals surface area contributed by atoms with Gasteiger partial charge in [0.05, 0.1) is 25.1 Å². The highest BCUT2D eigenvalue weighted by Crippen LogP contribution is 2.21. The number of carbonyl (C=O) groups excluding carboxylic acids is 1. The van der Waals surface area contributed by atoms with Crippen LogP contribution in [0.2, 0.25) is 0 Å². The smallest absolute Gasteiger partial charge is 0.254 e. The second-order valence-corrected chi connectivity index (χ2v) is 4.84. The molecule has 108 valence electrons. The van der Waals surface area contributed by atoms with Crippen molar-refractivity contribution in [1.82, 2.24) is 4.90 Å². The van der Waals surface area contributed by atoms with Crippen molar-refractivity contribution in [2.45, 2.75) is 0 Å². The van der Waals surface area contributed by atoms with Crippen molar-refractivity contribution in [2.75, 3.05) is 26.3 Å². The summed E-state index contributed by atoms with van der Waals surface area (Å²) in [4.78, 5) is 14.6. The van der Waals surface area contributed by atoms with E-state index in [-0.39, 0.29) is 5.91 Å². The van der Waals surface area contributed by atoms with Crippen molar-refractivity contribution in [3.8, 4) is 0 Å². The number of hydrogen-bond acceptors (Lipinski definition) is 3. The largest absolute Gasteiger partial charge is 0.465 e. The predicted molar refractivity (Wildman–Crippen MR) is 80.4 cm³/mol. The number of ether oxygens (including phenoxy) is 1. The molecular weight excluding hydrogens is 266 g/mol. The maximum Gasteiger partial charge on any atom is 0.254 e. The summed E-state index contributed by atoms with van der Waals surface area (Å²) >= 11 is 0. The standard InChI is InChI=1S/C17H17NO3/c19-17(18-8-11-20-12-9-18)16(13-15-7-4-10-21-15)14-5-2-1-3-6-14/h1-7,10,13H,8-9,11-12H2/b16-13-. The number of rotatable bonds is 3. The van der Waals surface area contributed by atoms with Crippen LogP contribution >= 0.6 is 0 Å². The molecule has 1 aromatic heterocycles. The SMILES string of the molecule is O=C(/C(=C\c1ccco1)c1ccccc1)N1CCOCC1. The first-order valence-electron chi connectivity index (χ1n) is 7.02. The van der Waals surface area contributed by atoms with Gasteiger partial charge in [0, 0.05) is 13.1 Å². The molecule has 1 aliphatic heterocycles. The maximum atomic E-state index is 12.8. The van der Waals surface area contributed by atoms with Crippen molar-refractivity contribution in [2.24, 2.45) is 0 Å². The van der Waals surface area contributed by atoms with E-state index in [1.807, 2.05) is 47.4 Å². The number of hydrogen-bond donors (Lipinski definition) is 0. The lowest BCUT2D eigenvalue weighted by atomic mass is 10.0. The normalized spacial score (nSPS) is 16.0. The Morgan fingerprint density at radius 1 is 1.05 bits per heavy atom. The third-order valence-electron chi connectivity index (χ3n) is 3.44. The van der Waals surface area contributed by atoms with Gasteiger partial charge in [0.15, 0.2) is 0 Å². The first kappa shape index (κ1) is 13.6. The molecule has 1 saturated heterocycles. The Bertz CT molecular complexity index is 611. The molecule has 3 rings (SSSR count). The van der Waals surface area contributed by atoms with Gasteiger partial charge in [-0.05, 0) is 23.8 Å². The van der Waals surface area contributed by atoms with E-state index in [4.69, 9.17) is 9.15 Å². The summed E-state index contributed by atoms with van der Waals surface area (Å²) in [6, 6.07) is 13.3. The number of carbonyl (C=O) groups is 1. The van der Waals surface area contributed by atoms with Crippen LogP contribution in [-0.4, -0.2) is 37.1 Å². The molecule has 1 aliphatic rings. The summed E-state index contributed by atoms with van der Waals surface area (Å²) < 4.78 is 10.7. The fourth-order valence-corrected chi connectivity index (χ4v) is 2.34. The molecule has 4 nitrogen and oxygen atoms in total. The molecule has 0 radical (unpaired) electrons. The Balaban J connectivity index is 1.94. The molecule has 0 aliphatic carbocycles. The molecular formula is C17H17NO3. The fraction of sp³-hybridized carbons (Fsp3) is 0.235. The van der Waals surface area contributed by atoms with Gasteiger partial charge >= 0.3 is 0 Å². The average Bonchev–Trinajstić information content (AvgIpc) is 3.07. The van der Waals surface area contributed by atoms with Crippen LogP contribution < -0.4 is 0 Å². The van der Waals surface area contributed by atoms with Gasteiger partial charge in [0.25, 0.3) is 5.91 Å². The van der Waals surface area contributed by atoms with E-state index in [2.05, 4.69) is 0 Å². The lowest BCUT2D eigenvalue weighted by Crippen LogP contribution is -2.41. The van der Waals surface area contributed by atoms with Crippen LogP contribution in [-0.2, 0) is 9.53 Å². The molecule has 0 unspecified atom stereocenters. The van der Waals surface area contributed by atoms with Crippen LogP contribution in [0, 0.1) is 0 Å². The zero-order valence-electron chi connectivity index (χ0n) is 11.7. The Morgan fingerprint density at radius 3 is 2.48 bits per heavy atom. The summed E-state index contributed by atoms with van der Waals surface area (Å²) in [5.41, 5.74) is 1.54. The minimum absolute atomic E-state index is 0.0147. The Kier molecular flexibility index (Phi) is 4.17. The summed E-state index contributed by atoms with van der Waals surface area (Å²) in [6.45, 7) is 2.44. The topological polar surface area (TPSA) is 42.7 Å². The lowest BCUT2D eigenvalue weighted by molar-refractivity contribution is -0.128. The molecule has 1 aromatic carbocycles. The number of morpholine rings is 1. The van der Waals surface area contributed by atoms with Crippen LogP contribution in [0.15, 0.2) is 53.1 Å². The van der Waals surface area contributed by atoms with Crippen LogP contribution in [0.5, 0.6) is 0 Å². The van der Waals surface area contributed by atoms with Crippen molar-refractivity contribution in [3.63, 3.8) is 0 Å². The third-order valence-corrected chi connectivity index (χ3v) is 3.44. The van der Waals surface area contributed by atoms with Crippen molar-refractivity contribution >= 4 is 17.6 Å². The molecule has 0 spiro atoms. The highest BCUT2D eigenvalue weighted by molar-refractivity contribution is 6.24. The molecule has 1 amide bonds. The zero-order chi connectivity index (χ0) is 14.5. The zero-order valence-corrected chi connectivity index (χ0v) is 11.7. The molecule has 2 aromatic rings. The van der Waals surface area contributed by atoms with Gasteiger partial charge in [-0.2, -0.15) is 0 Å². The third kappa shape index (κ3) is 3.23. The van der Waals surface area contributed by atoms with Crippen molar-refractivity contribution in [3.05, 3.63) is 60.1 Å². The van der Waals surface area contributed by atoms with E-state index in [1.165, 1.54) is 0 Å². The first-order valence-corrected chi connectivity index (χ1v) is 7.02. The minimum atomic E-state index is 0.0147. The van der Waals surface area contributed by atoms with Gasteiger partial charge < -0.3 is 14.1 Å². The van der Waals surface area contributed by atoms with Crippen molar-refractivity contribution < 1.29 is 13.9 Å². The maximum absolute atomic E-state index is 12.8. The first-order chi connectivity index (χ1) is 10.3. The Labute approximate surface area is 123 Å². The molecule has 4 heteroatoms. The van der Waals surface area contributed by atoms with E-state index >= 15 is 0 Å². The molecule has 0 atom stereocenters. The molecule has 1 fully saturated rings. The van der Waals surface area contributed by atoms with E-state index in [9.17, 15) is 4.79 Å². The lowest BCUT2D eigenvalue weighted by Gasteiger charge is -2.27. The second-order valence-electron chi connectivity index (χ2n) is 4.84. The second kappa shape index (κ2) is 6.41. The number of nitrogens with zero attached hydrogens (tertiary/aromatic N) is 1. The molecule has 2 heterocycles. The summed E-state index contributed by atoms with van der Waals surface area (Å²) in [5.74, 6) is 0.691. The quantitative estimate of drug-likeness (QED) is 0.813. The van der Waals surface area contributed by atoms with Gasteiger partial charge in [0.2, 0.25) is 0 Å². The highest BCUT2D eigenvalue weighted by atomic mass is 16.5. The van der Waals surface area contributed by atoms with Crippen LogP contribution in [0.4, 0.5) is 0 Å². The van der Waals surface area contributed by atoms with E-state index in [0.29, 0.717) is 37.6 Å². The minimum Gasteiger partial charge on any atom is -0.465 e. The number of amides is 1. The van der Waals surface area contributed by atoms with Gasteiger partial charge in [-0.25, -0.2) is 0 Å². The van der Waals surface area contributed by atoms with E-state index in [1.54, 1.807) is 12.3 Å². The molecule has 0 bridgehead atoms. The van der Waals surface area contributed by atoms with E-state index < -0.39 is 0 Å². The van der Waals surface area contributed by atoms with Crippen LogP contribution in [0.3, 0.4) is 0 Å². The van der Waals surface area contributed by atoms with Gasteiger partial charge in [-0.1, -0.05) is 30.3 Å². The summed E-state index contributed by atoms with van der Waals surface area (Å²) in [7, 11) is 0. The highest BCUT2D eigenvalue weighted by Gasteiger charge is 2.21. The fourth-order valence-electron chi connectivity index (χ4n) is 2.34. The predicted octanol–water partition coefficient (Wildman–Crippen LogP) is 2.68. The van der Waals surface area contributed by atoms with Gasteiger partial charge in [0.1, 0.15) is 5.76 Å². The van der Waals surface area contributed by atoms with Crippen molar-refractivity contribution in [1.29, 1.82) is 0 Å². The van der Waals surface area contributed by atoms with E-state index in [0.717, 1.165) is 5.56 Å². The van der Waals surface area contributed by atoms with Crippen LogP contribution in [0.25, 0.3) is 11.6 Å².